The molecule has 3 saturated heterocycles. The highest BCUT2D eigenvalue weighted by molar-refractivity contribution is 4.96. The lowest BCUT2D eigenvalue weighted by atomic mass is 9.85. The SMILES string of the molecule is C1CCC(CN2CCOCC3(CCN(C4CCOCC4)C3)C2)CC1. The van der Waals surface area contributed by atoms with Gasteiger partial charge < -0.3 is 14.4 Å². The Bertz CT molecular complexity index is 393. The normalized spacial score (nSPS) is 35.5. The fourth-order valence-electron chi connectivity index (χ4n) is 5.55. The first-order chi connectivity index (χ1) is 11.8. The highest BCUT2D eigenvalue weighted by Gasteiger charge is 2.43. The molecule has 138 valence electrons. The molecule has 3 heterocycles. The number of ether oxygens (including phenoxy) is 2. The first-order valence-electron chi connectivity index (χ1n) is 10.4. The van der Waals surface area contributed by atoms with Crippen molar-refractivity contribution in [2.75, 3.05) is 59.2 Å². The van der Waals surface area contributed by atoms with Crippen molar-refractivity contribution in [1.29, 1.82) is 0 Å². The summed E-state index contributed by atoms with van der Waals surface area (Å²) in [5, 5.41) is 0. The zero-order valence-corrected chi connectivity index (χ0v) is 15.4. The number of hydrogen-bond donors (Lipinski definition) is 0. The molecule has 0 aromatic carbocycles. The number of nitrogens with zero attached hydrogens (tertiary/aromatic N) is 2. The van der Waals surface area contributed by atoms with E-state index in [1.54, 1.807) is 0 Å². The quantitative estimate of drug-likeness (QED) is 0.791. The van der Waals surface area contributed by atoms with E-state index in [1.807, 2.05) is 0 Å². The van der Waals surface area contributed by atoms with Crippen molar-refractivity contribution in [3.63, 3.8) is 0 Å². The maximum Gasteiger partial charge on any atom is 0.0593 e. The predicted molar refractivity (Wildman–Crippen MR) is 96.3 cm³/mol. The van der Waals surface area contributed by atoms with Gasteiger partial charge in [-0.05, 0) is 44.6 Å². The summed E-state index contributed by atoms with van der Waals surface area (Å²) in [6.07, 6.45) is 11.1. The number of hydrogen-bond acceptors (Lipinski definition) is 4. The Morgan fingerprint density at radius 2 is 1.67 bits per heavy atom. The molecule has 0 N–H and O–H groups in total. The summed E-state index contributed by atoms with van der Waals surface area (Å²) in [5.74, 6) is 0.946. The molecular formula is C20H36N2O2. The van der Waals surface area contributed by atoms with Crippen LogP contribution in [0.2, 0.25) is 0 Å². The van der Waals surface area contributed by atoms with E-state index in [2.05, 4.69) is 9.80 Å². The lowest BCUT2D eigenvalue weighted by Gasteiger charge is -2.36. The zero-order valence-electron chi connectivity index (χ0n) is 15.4. The third-order valence-electron chi connectivity index (χ3n) is 6.94. The van der Waals surface area contributed by atoms with E-state index >= 15 is 0 Å². The van der Waals surface area contributed by atoms with Gasteiger partial charge in [-0.25, -0.2) is 0 Å². The van der Waals surface area contributed by atoms with Crippen LogP contribution in [0, 0.1) is 11.3 Å². The summed E-state index contributed by atoms with van der Waals surface area (Å²) in [6, 6.07) is 0.758. The van der Waals surface area contributed by atoms with Crippen LogP contribution in [0.4, 0.5) is 0 Å². The van der Waals surface area contributed by atoms with E-state index in [4.69, 9.17) is 9.47 Å². The third-order valence-corrected chi connectivity index (χ3v) is 6.94. The maximum absolute atomic E-state index is 6.09. The Hall–Kier alpha value is -0.160. The van der Waals surface area contributed by atoms with Gasteiger partial charge in [0.25, 0.3) is 0 Å². The lowest BCUT2D eigenvalue weighted by molar-refractivity contribution is 0.0282. The van der Waals surface area contributed by atoms with Gasteiger partial charge in [0.1, 0.15) is 0 Å². The van der Waals surface area contributed by atoms with E-state index in [-0.39, 0.29) is 0 Å². The molecule has 0 aromatic rings. The van der Waals surface area contributed by atoms with Crippen molar-refractivity contribution in [2.45, 2.75) is 57.4 Å². The molecule has 0 bridgehead atoms. The van der Waals surface area contributed by atoms with Gasteiger partial charge in [-0.2, -0.15) is 0 Å². The van der Waals surface area contributed by atoms with Crippen LogP contribution in [0.5, 0.6) is 0 Å². The summed E-state index contributed by atoms with van der Waals surface area (Å²) in [4.78, 5) is 5.52. The molecule has 4 heteroatoms. The molecule has 0 radical (unpaired) electrons. The Morgan fingerprint density at radius 3 is 2.50 bits per heavy atom. The molecule has 3 aliphatic heterocycles. The smallest absolute Gasteiger partial charge is 0.0593 e. The minimum absolute atomic E-state index is 0.392. The highest BCUT2D eigenvalue weighted by Crippen LogP contribution is 2.36. The van der Waals surface area contributed by atoms with Crippen molar-refractivity contribution in [3.8, 4) is 0 Å². The first-order valence-corrected chi connectivity index (χ1v) is 10.4. The average Bonchev–Trinajstić information content (AvgIpc) is 2.94. The Labute approximate surface area is 147 Å². The van der Waals surface area contributed by atoms with Crippen molar-refractivity contribution >= 4 is 0 Å². The summed E-state index contributed by atoms with van der Waals surface area (Å²) in [7, 11) is 0. The van der Waals surface area contributed by atoms with Crippen LogP contribution in [0.3, 0.4) is 0 Å². The minimum Gasteiger partial charge on any atom is -0.381 e. The van der Waals surface area contributed by atoms with Gasteiger partial charge >= 0.3 is 0 Å². The standard InChI is InChI=1S/C20H36N2O2/c1-2-4-18(5-3-1)14-21-10-13-24-17-20(15-21)8-9-22(16-20)19-6-11-23-12-7-19/h18-19H,1-17H2. The number of likely N-dealkylation sites (tertiary alicyclic amines) is 1. The second-order valence-electron chi connectivity index (χ2n) is 8.86. The molecule has 4 nitrogen and oxygen atoms in total. The van der Waals surface area contributed by atoms with E-state index in [0.29, 0.717) is 5.41 Å². The first kappa shape index (κ1) is 17.3. The number of rotatable bonds is 3. The summed E-state index contributed by atoms with van der Waals surface area (Å²) < 4.78 is 11.7. The molecule has 0 amide bonds. The van der Waals surface area contributed by atoms with E-state index in [1.165, 1.54) is 77.5 Å². The van der Waals surface area contributed by atoms with Gasteiger partial charge in [0.15, 0.2) is 0 Å². The molecule has 1 unspecified atom stereocenters. The van der Waals surface area contributed by atoms with E-state index in [9.17, 15) is 0 Å². The largest absolute Gasteiger partial charge is 0.381 e. The molecule has 4 rings (SSSR count). The summed E-state index contributed by atoms with van der Waals surface area (Å²) in [5.41, 5.74) is 0.392. The van der Waals surface area contributed by atoms with Crippen LogP contribution in [-0.2, 0) is 9.47 Å². The zero-order chi connectivity index (χ0) is 16.2. The second kappa shape index (κ2) is 8.03. The fraction of sp³-hybridized carbons (Fsp3) is 1.00. The molecule has 24 heavy (non-hydrogen) atoms. The molecule has 1 saturated carbocycles. The summed E-state index contributed by atoms with van der Waals surface area (Å²) in [6.45, 7) is 10.1. The highest BCUT2D eigenvalue weighted by atomic mass is 16.5. The molecule has 4 aliphatic rings. The maximum atomic E-state index is 6.09. The van der Waals surface area contributed by atoms with Gasteiger partial charge in [-0.15, -0.1) is 0 Å². The molecule has 1 aliphatic carbocycles. The Kier molecular flexibility index (Phi) is 5.77. The Morgan fingerprint density at radius 1 is 0.833 bits per heavy atom. The van der Waals surface area contributed by atoms with E-state index < -0.39 is 0 Å². The van der Waals surface area contributed by atoms with Crippen LogP contribution in [0.1, 0.15) is 51.4 Å². The average molecular weight is 337 g/mol. The van der Waals surface area contributed by atoms with Crippen molar-refractivity contribution in [3.05, 3.63) is 0 Å². The topological polar surface area (TPSA) is 24.9 Å². The van der Waals surface area contributed by atoms with Gasteiger partial charge in [0.05, 0.1) is 13.2 Å². The van der Waals surface area contributed by atoms with Crippen LogP contribution in [0.25, 0.3) is 0 Å². The van der Waals surface area contributed by atoms with Crippen molar-refractivity contribution < 1.29 is 9.47 Å². The van der Waals surface area contributed by atoms with Crippen molar-refractivity contribution in [1.82, 2.24) is 9.80 Å². The fourth-order valence-corrected chi connectivity index (χ4v) is 5.55. The third kappa shape index (κ3) is 4.14. The van der Waals surface area contributed by atoms with Crippen molar-refractivity contribution in [2.24, 2.45) is 11.3 Å². The lowest BCUT2D eigenvalue weighted by Crippen LogP contribution is -2.44. The second-order valence-corrected chi connectivity index (χ2v) is 8.86. The van der Waals surface area contributed by atoms with Crippen LogP contribution in [-0.4, -0.2) is 75.0 Å². The van der Waals surface area contributed by atoms with Crippen LogP contribution in [0.15, 0.2) is 0 Å². The molecule has 1 atom stereocenters. The van der Waals surface area contributed by atoms with Gasteiger partial charge in [-0.3, -0.25) is 4.90 Å². The predicted octanol–water partition coefficient (Wildman–Crippen LogP) is 2.77. The Balaban J connectivity index is 1.35. The molecule has 0 aromatic heterocycles. The van der Waals surface area contributed by atoms with Crippen LogP contribution < -0.4 is 0 Å². The minimum atomic E-state index is 0.392. The monoisotopic (exact) mass is 336 g/mol. The molecule has 1 spiro atoms. The van der Waals surface area contributed by atoms with Gasteiger partial charge in [0, 0.05) is 50.8 Å². The van der Waals surface area contributed by atoms with Crippen LogP contribution >= 0.6 is 0 Å². The van der Waals surface area contributed by atoms with E-state index in [0.717, 1.165) is 44.9 Å². The summed E-state index contributed by atoms with van der Waals surface area (Å²) >= 11 is 0. The molecular weight excluding hydrogens is 300 g/mol. The van der Waals surface area contributed by atoms with Gasteiger partial charge in [-0.1, -0.05) is 19.3 Å². The van der Waals surface area contributed by atoms with Gasteiger partial charge in [0.2, 0.25) is 0 Å². The molecule has 4 fully saturated rings.